The highest BCUT2D eigenvalue weighted by Gasteiger charge is 2.27. The molecule has 0 bridgehead atoms. The molecule has 1 aromatic heterocycles. The van der Waals surface area contributed by atoms with Gasteiger partial charge in [0.15, 0.2) is 5.76 Å². The third-order valence-electron chi connectivity index (χ3n) is 5.29. The molecule has 0 unspecified atom stereocenters. The lowest BCUT2D eigenvalue weighted by Gasteiger charge is -2.35. The fourth-order valence-electron chi connectivity index (χ4n) is 3.65. The van der Waals surface area contributed by atoms with Crippen LogP contribution >= 0.6 is 0 Å². The van der Waals surface area contributed by atoms with E-state index in [9.17, 15) is 13.2 Å². The van der Waals surface area contributed by atoms with Crippen LogP contribution < -0.4 is 10.2 Å². The molecule has 1 fully saturated rings. The van der Waals surface area contributed by atoms with Crippen molar-refractivity contribution in [2.45, 2.75) is 6.92 Å². The first-order valence-electron chi connectivity index (χ1n) is 9.99. The Hall–Kier alpha value is -2.84. The molecule has 0 atom stereocenters. The molecule has 2 aromatic carbocycles. The van der Waals surface area contributed by atoms with E-state index >= 15 is 0 Å². The summed E-state index contributed by atoms with van der Waals surface area (Å²) in [5.41, 5.74) is 2.93. The van der Waals surface area contributed by atoms with Crippen molar-refractivity contribution in [3.63, 3.8) is 0 Å². The summed E-state index contributed by atoms with van der Waals surface area (Å²) in [6.45, 7) is 4.25. The molecule has 1 aliphatic heterocycles. The first-order valence-corrected chi connectivity index (χ1v) is 11.6. The van der Waals surface area contributed by atoms with E-state index in [-0.39, 0.29) is 18.1 Å². The van der Waals surface area contributed by atoms with E-state index in [1.807, 2.05) is 43.3 Å². The number of carbonyl (C=O) groups is 1. The Kier molecular flexibility index (Phi) is 5.78. The van der Waals surface area contributed by atoms with Crippen molar-refractivity contribution in [3.8, 4) is 0 Å². The second-order valence-electron chi connectivity index (χ2n) is 7.45. The van der Waals surface area contributed by atoms with Crippen LogP contribution in [0.25, 0.3) is 11.0 Å². The van der Waals surface area contributed by atoms with Crippen LogP contribution in [0.5, 0.6) is 0 Å². The first kappa shape index (κ1) is 20.4. The lowest BCUT2D eigenvalue weighted by Crippen LogP contribution is -2.50. The average molecular weight is 428 g/mol. The highest BCUT2D eigenvalue weighted by molar-refractivity contribution is 7.89. The number of rotatable bonds is 6. The zero-order valence-corrected chi connectivity index (χ0v) is 17.7. The van der Waals surface area contributed by atoms with Gasteiger partial charge in [-0.05, 0) is 36.8 Å². The van der Waals surface area contributed by atoms with Gasteiger partial charge in [-0.2, -0.15) is 4.31 Å². The molecule has 3 aromatic rings. The molecule has 1 aliphatic rings. The van der Waals surface area contributed by atoms with Crippen LogP contribution in [0.4, 0.5) is 5.69 Å². The lowest BCUT2D eigenvalue weighted by atomic mass is 10.2. The SMILES string of the molecule is Cc1cccc(N2CCN(S(=O)(=O)CCNC(=O)c3cc4ccccc4o3)CC2)c1. The fourth-order valence-corrected chi connectivity index (χ4v) is 4.99. The van der Waals surface area contributed by atoms with E-state index in [4.69, 9.17) is 4.42 Å². The van der Waals surface area contributed by atoms with Crippen LogP contribution in [0, 0.1) is 6.92 Å². The van der Waals surface area contributed by atoms with Gasteiger partial charge in [-0.15, -0.1) is 0 Å². The predicted octanol–water partition coefficient (Wildman–Crippen LogP) is 2.62. The maximum Gasteiger partial charge on any atom is 0.287 e. The molecule has 0 aliphatic carbocycles. The number of piperazine rings is 1. The summed E-state index contributed by atoms with van der Waals surface area (Å²) in [7, 11) is -3.44. The largest absolute Gasteiger partial charge is 0.451 e. The first-order chi connectivity index (χ1) is 14.4. The number of para-hydroxylation sites is 1. The molecule has 1 amide bonds. The summed E-state index contributed by atoms with van der Waals surface area (Å²) in [6.07, 6.45) is 0. The van der Waals surface area contributed by atoms with Gasteiger partial charge in [0.1, 0.15) is 5.58 Å². The minimum atomic E-state index is -3.44. The van der Waals surface area contributed by atoms with Crippen LogP contribution in [0.1, 0.15) is 16.1 Å². The molecule has 0 saturated carbocycles. The van der Waals surface area contributed by atoms with E-state index < -0.39 is 15.9 Å². The summed E-state index contributed by atoms with van der Waals surface area (Å²) in [5, 5.41) is 3.48. The quantitative estimate of drug-likeness (QED) is 0.654. The fraction of sp³-hybridized carbons (Fsp3) is 0.318. The number of fused-ring (bicyclic) bond motifs is 1. The van der Waals surface area contributed by atoms with Gasteiger partial charge in [0.2, 0.25) is 10.0 Å². The molecular weight excluding hydrogens is 402 g/mol. The van der Waals surface area contributed by atoms with E-state index in [1.165, 1.54) is 9.87 Å². The molecule has 7 nitrogen and oxygen atoms in total. The third-order valence-corrected chi connectivity index (χ3v) is 7.17. The minimum Gasteiger partial charge on any atom is -0.451 e. The standard InChI is InChI=1S/C22H25N3O4S/c1-17-5-4-7-19(15-17)24-10-12-25(13-11-24)30(27,28)14-9-23-22(26)21-16-18-6-2-3-8-20(18)29-21/h2-8,15-16H,9-14H2,1H3,(H,23,26). The van der Waals surface area contributed by atoms with Crippen LogP contribution in [0.15, 0.2) is 59.0 Å². The number of amides is 1. The van der Waals surface area contributed by atoms with E-state index in [1.54, 1.807) is 12.1 Å². The molecule has 1 saturated heterocycles. The van der Waals surface area contributed by atoms with Crippen molar-refractivity contribution in [1.82, 2.24) is 9.62 Å². The maximum absolute atomic E-state index is 12.7. The molecular formula is C22H25N3O4S. The smallest absolute Gasteiger partial charge is 0.287 e. The maximum atomic E-state index is 12.7. The Labute approximate surface area is 176 Å². The highest BCUT2D eigenvalue weighted by atomic mass is 32.2. The summed E-state index contributed by atoms with van der Waals surface area (Å²) >= 11 is 0. The Morgan fingerprint density at radius 2 is 1.80 bits per heavy atom. The second-order valence-corrected chi connectivity index (χ2v) is 9.53. The van der Waals surface area contributed by atoms with Gasteiger partial charge in [-0.25, -0.2) is 8.42 Å². The zero-order chi connectivity index (χ0) is 21.1. The monoisotopic (exact) mass is 427 g/mol. The van der Waals surface area contributed by atoms with Crippen LogP contribution in [0.2, 0.25) is 0 Å². The van der Waals surface area contributed by atoms with Crippen molar-refractivity contribution >= 4 is 32.6 Å². The number of anilines is 1. The zero-order valence-electron chi connectivity index (χ0n) is 16.9. The van der Waals surface area contributed by atoms with Gasteiger partial charge in [0.05, 0.1) is 5.75 Å². The summed E-state index contributed by atoms with van der Waals surface area (Å²) in [4.78, 5) is 14.5. The summed E-state index contributed by atoms with van der Waals surface area (Å²) < 4.78 is 32.4. The number of hydrogen-bond acceptors (Lipinski definition) is 5. The van der Waals surface area contributed by atoms with Crippen molar-refractivity contribution in [2.24, 2.45) is 0 Å². The second kappa shape index (κ2) is 8.49. The van der Waals surface area contributed by atoms with E-state index in [2.05, 4.69) is 16.3 Å². The van der Waals surface area contributed by atoms with Gasteiger partial charge in [0, 0.05) is 43.8 Å². The van der Waals surface area contributed by atoms with Gasteiger partial charge < -0.3 is 14.6 Å². The number of hydrogen-bond donors (Lipinski definition) is 1. The van der Waals surface area contributed by atoms with Crippen LogP contribution in [0.3, 0.4) is 0 Å². The van der Waals surface area contributed by atoms with Crippen molar-refractivity contribution in [2.75, 3.05) is 43.4 Å². The molecule has 30 heavy (non-hydrogen) atoms. The molecule has 1 N–H and O–H groups in total. The summed E-state index contributed by atoms with van der Waals surface area (Å²) in [5.74, 6) is -0.366. The molecule has 0 radical (unpaired) electrons. The molecule has 4 rings (SSSR count). The van der Waals surface area contributed by atoms with E-state index in [0.717, 1.165) is 11.1 Å². The molecule has 8 heteroatoms. The highest BCUT2D eigenvalue weighted by Crippen LogP contribution is 2.20. The van der Waals surface area contributed by atoms with Crippen LogP contribution in [-0.2, 0) is 10.0 Å². The Balaban J connectivity index is 1.29. The normalized spacial score (nSPS) is 15.4. The average Bonchev–Trinajstić information content (AvgIpc) is 3.18. The number of benzene rings is 2. The van der Waals surface area contributed by atoms with Gasteiger partial charge in [-0.3, -0.25) is 4.79 Å². The third kappa shape index (κ3) is 4.49. The van der Waals surface area contributed by atoms with E-state index in [0.29, 0.717) is 31.8 Å². The van der Waals surface area contributed by atoms with Crippen molar-refractivity contribution in [3.05, 3.63) is 65.9 Å². The Bertz CT molecular complexity index is 1110. The van der Waals surface area contributed by atoms with Crippen LogP contribution in [-0.4, -0.2) is 57.1 Å². The predicted molar refractivity (Wildman–Crippen MR) is 117 cm³/mol. The van der Waals surface area contributed by atoms with Gasteiger partial charge >= 0.3 is 0 Å². The number of sulfonamides is 1. The number of nitrogens with one attached hydrogen (secondary N) is 1. The summed E-state index contributed by atoms with van der Waals surface area (Å²) in [6, 6.07) is 17.2. The molecule has 0 spiro atoms. The molecule has 158 valence electrons. The van der Waals surface area contributed by atoms with Gasteiger partial charge in [0.25, 0.3) is 5.91 Å². The number of nitrogens with zero attached hydrogens (tertiary/aromatic N) is 2. The topological polar surface area (TPSA) is 82.9 Å². The number of furan rings is 1. The van der Waals surface area contributed by atoms with Crippen molar-refractivity contribution < 1.29 is 17.6 Å². The molecule has 2 heterocycles. The minimum absolute atomic E-state index is 0.0380. The number of carbonyl (C=O) groups excluding carboxylic acids is 1. The Morgan fingerprint density at radius 1 is 1.03 bits per heavy atom. The van der Waals surface area contributed by atoms with Crippen molar-refractivity contribution in [1.29, 1.82) is 0 Å². The Morgan fingerprint density at radius 3 is 2.53 bits per heavy atom. The lowest BCUT2D eigenvalue weighted by molar-refractivity contribution is 0.0930. The van der Waals surface area contributed by atoms with Gasteiger partial charge in [-0.1, -0.05) is 30.3 Å². The number of aryl methyl sites for hydroxylation is 1.